The number of amides is 2. The van der Waals surface area contributed by atoms with Gasteiger partial charge in [0.25, 0.3) is 0 Å². The molecule has 1 aromatic heterocycles. The Labute approximate surface area is 197 Å². The van der Waals surface area contributed by atoms with Crippen LogP contribution in [0.2, 0.25) is 0 Å². The van der Waals surface area contributed by atoms with Crippen LogP contribution in [0.4, 0.5) is 19.3 Å². The van der Waals surface area contributed by atoms with Crippen molar-refractivity contribution >= 4 is 11.7 Å². The molecule has 2 amide bonds. The molecule has 0 aliphatic carbocycles. The minimum Gasteiger partial charge on any atom is -0.492 e. The summed E-state index contributed by atoms with van der Waals surface area (Å²) < 4.78 is 34.3. The first-order valence-corrected chi connectivity index (χ1v) is 11.3. The topological polar surface area (TPSA) is 75.5 Å². The third kappa shape index (κ3) is 5.62. The summed E-state index contributed by atoms with van der Waals surface area (Å²) in [6.07, 6.45) is 2.45. The lowest BCUT2D eigenvalue weighted by atomic mass is 10.2. The molecule has 0 bridgehead atoms. The highest BCUT2D eigenvalue weighted by Gasteiger charge is 2.20. The molecular formula is C24H28F2N6O2. The van der Waals surface area contributed by atoms with Crippen molar-refractivity contribution in [1.82, 2.24) is 25.0 Å². The number of halogens is 2. The fourth-order valence-electron chi connectivity index (χ4n) is 4.00. The average Bonchev–Trinajstić information content (AvgIpc) is 3.08. The zero-order chi connectivity index (χ0) is 24.1. The normalized spacial score (nSPS) is 14.1. The van der Waals surface area contributed by atoms with Crippen LogP contribution in [0.15, 0.2) is 42.7 Å². The number of hydrogen-bond donors (Lipinski definition) is 1. The zero-order valence-corrected chi connectivity index (χ0v) is 19.3. The lowest BCUT2D eigenvalue weighted by molar-refractivity contribution is 0.201. The zero-order valence-electron chi connectivity index (χ0n) is 19.3. The van der Waals surface area contributed by atoms with Gasteiger partial charge in [0.2, 0.25) is 0 Å². The fourth-order valence-corrected chi connectivity index (χ4v) is 4.00. The maximum Gasteiger partial charge on any atom is 0.317 e. The van der Waals surface area contributed by atoms with Crippen LogP contribution >= 0.6 is 0 Å². The van der Waals surface area contributed by atoms with Gasteiger partial charge in [0.1, 0.15) is 35.2 Å². The van der Waals surface area contributed by atoms with Crippen molar-refractivity contribution in [3.05, 3.63) is 65.7 Å². The number of rotatable bonds is 6. The lowest BCUT2D eigenvalue weighted by Crippen LogP contribution is -2.41. The number of carbonyl (C=O) groups excluding carboxylic acids is 1. The Kier molecular flexibility index (Phi) is 7.24. The Balaban J connectivity index is 1.40. The third-order valence-electron chi connectivity index (χ3n) is 5.61. The van der Waals surface area contributed by atoms with Crippen LogP contribution in [0.5, 0.6) is 5.75 Å². The van der Waals surface area contributed by atoms with Crippen molar-refractivity contribution in [2.75, 3.05) is 37.7 Å². The Bertz CT molecular complexity index is 1130. The number of ether oxygens (including phenoxy) is 1. The first-order valence-electron chi connectivity index (χ1n) is 11.3. The van der Waals surface area contributed by atoms with Crippen LogP contribution in [0.3, 0.4) is 0 Å². The molecule has 1 aliphatic heterocycles. The molecule has 8 nitrogen and oxygen atoms in total. The maximum absolute atomic E-state index is 13.4. The second kappa shape index (κ2) is 10.5. The summed E-state index contributed by atoms with van der Waals surface area (Å²) in [6, 6.07) is 8.96. The van der Waals surface area contributed by atoms with Gasteiger partial charge in [-0.05, 0) is 50.1 Å². The summed E-state index contributed by atoms with van der Waals surface area (Å²) in [7, 11) is 0. The minimum absolute atomic E-state index is 0.0642. The van der Waals surface area contributed by atoms with Crippen molar-refractivity contribution in [3.63, 3.8) is 0 Å². The van der Waals surface area contributed by atoms with Crippen molar-refractivity contribution in [2.45, 2.75) is 26.8 Å². The van der Waals surface area contributed by atoms with Crippen LogP contribution in [0, 0.1) is 18.6 Å². The number of aromatic nitrogens is 3. The standard InChI is InChI=1S/C24H28F2N6O2/c1-3-34-23-14-21(5-6-22(23)32-16-28-17(2)29-32)30-7-4-8-31(10-9-30)24(33)27-15-18-11-19(25)13-20(26)12-18/h5-6,11-14,16H,3-4,7-10,15H2,1-2H3,(H,27,33). The average molecular weight is 471 g/mol. The molecule has 0 unspecified atom stereocenters. The van der Waals surface area contributed by atoms with E-state index in [1.54, 1.807) is 15.9 Å². The highest BCUT2D eigenvalue weighted by atomic mass is 19.1. The van der Waals surface area contributed by atoms with E-state index in [1.165, 1.54) is 12.1 Å². The fraction of sp³-hybridized carbons (Fsp3) is 0.375. The molecule has 1 aliphatic rings. The Morgan fingerprint density at radius 1 is 1.09 bits per heavy atom. The largest absolute Gasteiger partial charge is 0.492 e. The van der Waals surface area contributed by atoms with E-state index < -0.39 is 11.6 Å². The Hall–Kier alpha value is -3.69. The van der Waals surface area contributed by atoms with Gasteiger partial charge < -0.3 is 19.9 Å². The summed E-state index contributed by atoms with van der Waals surface area (Å²) in [5, 5.41) is 7.14. The number of anilines is 1. The van der Waals surface area contributed by atoms with E-state index in [2.05, 4.69) is 20.3 Å². The first-order chi connectivity index (χ1) is 16.4. The number of nitrogens with zero attached hydrogens (tertiary/aromatic N) is 5. The van der Waals surface area contributed by atoms with E-state index in [-0.39, 0.29) is 12.6 Å². The number of hydrogen-bond acceptors (Lipinski definition) is 5. The molecule has 1 N–H and O–H groups in total. The molecule has 4 rings (SSSR count). The second-order valence-electron chi connectivity index (χ2n) is 8.09. The molecule has 2 aromatic carbocycles. The monoisotopic (exact) mass is 470 g/mol. The molecule has 10 heteroatoms. The van der Waals surface area contributed by atoms with Crippen molar-refractivity contribution < 1.29 is 18.3 Å². The Morgan fingerprint density at radius 3 is 2.59 bits per heavy atom. The van der Waals surface area contributed by atoms with Gasteiger partial charge in [0.15, 0.2) is 0 Å². The summed E-state index contributed by atoms with van der Waals surface area (Å²) >= 11 is 0. The van der Waals surface area contributed by atoms with Gasteiger partial charge in [-0.3, -0.25) is 0 Å². The number of nitrogens with one attached hydrogen (secondary N) is 1. The van der Waals surface area contributed by atoms with Crippen molar-refractivity contribution in [1.29, 1.82) is 0 Å². The summed E-state index contributed by atoms with van der Waals surface area (Å²) in [6.45, 7) is 6.90. The maximum atomic E-state index is 13.4. The summed E-state index contributed by atoms with van der Waals surface area (Å²) in [5.41, 5.74) is 2.20. The molecule has 0 spiro atoms. The SMILES string of the molecule is CCOc1cc(N2CCCN(C(=O)NCc3cc(F)cc(F)c3)CC2)ccc1-n1cnc(C)n1. The highest BCUT2D eigenvalue weighted by molar-refractivity contribution is 5.74. The second-order valence-corrected chi connectivity index (χ2v) is 8.09. The van der Waals surface area contributed by atoms with E-state index in [0.717, 1.165) is 30.4 Å². The smallest absolute Gasteiger partial charge is 0.317 e. The van der Waals surface area contributed by atoms with Crippen molar-refractivity contribution in [3.8, 4) is 11.4 Å². The quantitative estimate of drug-likeness (QED) is 0.595. The van der Waals surface area contributed by atoms with E-state index in [0.29, 0.717) is 43.4 Å². The highest BCUT2D eigenvalue weighted by Crippen LogP contribution is 2.29. The molecular weight excluding hydrogens is 442 g/mol. The molecule has 2 heterocycles. The molecule has 1 saturated heterocycles. The van der Waals surface area contributed by atoms with Gasteiger partial charge >= 0.3 is 6.03 Å². The van der Waals surface area contributed by atoms with Crippen LogP contribution in [0.1, 0.15) is 24.7 Å². The van der Waals surface area contributed by atoms with Gasteiger partial charge in [-0.2, -0.15) is 5.10 Å². The van der Waals surface area contributed by atoms with Gasteiger partial charge in [0.05, 0.1) is 6.61 Å². The van der Waals surface area contributed by atoms with Crippen LogP contribution in [-0.2, 0) is 6.54 Å². The van der Waals surface area contributed by atoms with Gasteiger partial charge in [0, 0.05) is 50.5 Å². The summed E-state index contributed by atoms with van der Waals surface area (Å²) in [5.74, 6) is 0.0723. The van der Waals surface area contributed by atoms with E-state index in [1.807, 2.05) is 32.0 Å². The van der Waals surface area contributed by atoms with E-state index >= 15 is 0 Å². The Morgan fingerprint density at radius 2 is 1.88 bits per heavy atom. The van der Waals surface area contributed by atoms with E-state index in [9.17, 15) is 13.6 Å². The predicted molar refractivity (Wildman–Crippen MR) is 124 cm³/mol. The van der Waals surface area contributed by atoms with Crippen LogP contribution in [-0.4, -0.2) is 58.5 Å². The number of benzene rings is 2. The molecule has 34 heavy (non-hydrogen) atoms. The third-order valence-corrected chi connectivity index (χ3v) is 5.61. The minimum atomic E-state index is -0.661. The molecule has 3 aromatic rings. The number of carbonyl (C=O) groups is 1. The summed E-state index contributed by atoms with van der Waals surface area (Å²) in [4.78, 5) is 20.8. The van der Waals surface area contributed by atoms with Gasteiger partial charge in [-0.1, -0.05) is 0 Å². The van der Waals surface area contributed by atoms with Gasteiger partial charge in [-0.25, -0.2) is 23.2 Å². The molecule has 1 fully saturated rings. The lowest BCUT2D eigenvalue weighted by Gasteiger charge is -2.25. The molecule has 0 radical (unpaired) electrons. The number of urea groups is 1. The first kappa shape index (κ1) is 23.5. The number of aryl methyl sites for hydroxylation is 1. The van der Waals surface area contributed by atoms with Crippen LogP contribution < -0.4 is 15.0 Å². The van der Waals surface area contributed by atoms with Crippen LogP contribution in [0.25, 0.3) is 5.69 Å². The predicted octanol–water partition coefficient (Wildman–Crippen LogP) is 3.67. The molecule has 180 valence electrons. The molecule has 0 saturated carbocycles. The van der Waals surface area contributed by atoms with Gasteiger partial charge in [-0.15, -0.1) is 0 Å². The molecule has 0 atom stereocenters. The van der Waals surface area contributed by atoms with E-state index in [4.69, 9.17) is 4.74 Å². The van der Waals surface area contributed by atoms with Crippen molar-refractivity contribution in [2.24, 2.45) is 0 Å².